The summed E-state index contributed by atoms with van der Waals surface area (Å²) in [5.74, 6) is 1.13. The fourth-order valence-corrected chi connectivity index (χ4v) is 3.90. The van der Waals surface area contributed by atoms with Crippen molar-refractivity contribution in [2.75, 3.05) is 65.4 Å². The average Bonchev–Trinajstić information content (AvgIpc) is 2.54. The maximum atomic E-state index is 11.2. The summed E-state index contributed by atoms with van der Waals surface area (Å²) >= 11 is 0. The van der Waals surface area contributed by atoms with Crippen molar-refractivity contribution >= 4 is 5.78 Å². The number of rotatable bonds is 9. The van der Waals surface area contributed by atoms with Gasteiger partial charge in [0.2, 0.25) is 0 Å². The quantitative estimate of drug-likeness (QED) is 0.642. The highest BCUT2D eigenvalue weighted by Crippen LogP contribution is 2.19. The first-order chi connectivity index (χ1) is 11.5. The zero-order valence-corrected chi connectivity index (χ0v) is 16.1. The normalized spacial score (nSPS) is 22.3. The Morgan fingerprint density at radius 3 is 2.21 bits per heavy atom. The van der Waals surface area contributed by atoms with Crippen LogP contribution >= 0.6 is 0 Å². The van der Waals surface area contributed by atoms with Crippen LogP contribution in [0.4, 0.5) is 0 Å². The first-order valence-corrected chi connectivity index (χ1v) is 9.93. The minimum atomic E-state index is 0.299. The molecule has 0 unspecified atom stereocenters. The van der Waals surface area contributed by atoms with Gasteiger partial charge in [-0.15, -0.1) is 0 Å². The summed E-state index contributed by atoms with van der Waals surface area (Å²) in [5, 5.41) is 3.50. The number of carbonyl (C=O) groups excluding carboxylic acids is 1. The van der Waals surface area contributed by atoms with Gasteiger partial charge in [0, 0.05) is 38.8 Å². The number of ketones is 1. The van der Waals surface area contributed by atoms with E-state index in [4.69, 9.17) is 0 Å². The molecule has 0 atom stereocenters. The molecule has 0 amide bonds. The highest BCUT2D eigenvalue weighted by Gasteiger charge is 2.24. The third-order valence-corrected chi connectivity index (χ3v) is 5.34. The molecule has 0 saturated carbocycles. The van der Waals surface area contributed by atoms with Crippen molar-refractivity contribution in [3.05, 3.63) is 0 Å². The first kappa shape index (κ1) is 19.8. The molecule has 0 aromatic heterocycles. The van der Waals surface area contributed by atoms with Crippen molar-refractivity contribution < 1.29 is 4.79 Å². The molecule has 2 saturated heterocycles. The predicted octanol–water partition coefficient (Wildman–Crippen LogP) is 1.29. The number of Topliss-reactive ketones (excluding diaryl/α,β-unsaturated/α-hetero) is 1. The zero-order chi connectivity index (χ0) is 17.4. The zero-order valence-electron chi connectivity index (χ0n) is 16.1. The number of hydrogen-bond donors (Lipinski definition) is 1. The highest BCUT2D eigenvalue weighted by atomic mass is 16.1. The summed E-state index contributed by atoms with van der Waals surface area (Å²) in [6.45, 7) is 17.5. The Balaban J connectivity index is 1.54. The second kappa shape index (κ2) is 10.5. The maximum Gasteiger partial charge on any atom is 0.143 e. The van der Waals surface area contributed by atoms with Gasteiger partial charge in [-0.25, -0.2) is 0 Å². The lowest BCUT2D eigenvalue weighted by Gasteiger charge is -2.38. The molecule has 0 bridgehead atoms. The summed E-state index contributed by atoms with van der Waals surface area (Å²) in [4.78, 5) is 18.8. The lowest BCUT2D eigenvalue weighted by molar-refractivity contribution is -0.118. The Labute approximate surface area is 148 Å². The van der Waals surface area contributed by atoms with Crippen LogP contribution in [-0.2, 0) is 4.79 Å². The van der Waals surface area contributed by atoms with Crippen LogP contribution in [0.5, 0.6) is 0 Å². The van der Waals surface area contributed by atoms with Crippen molar-refractivity contribution in [3.63, 3.8) is 0 Å². The topological polar surface area (TPSA) is 38.8 Å². The second-order valence-electron chi connectivity index (χ2n) is 8.03. The van der Waals surface area contributed by atoms with Gasteiger partial charge in [-0.1, -0.05) is 13.8 Å². The molecule has 0 aromatic rings. The molecular weight excluding hydrogens is 300 g/mol. The van der Waals surface area contributed by atoms with Crippen molar-refractivity contribution in [1.29, 1.82) is 0 Å². The number of piperidine rings is 1. The number of piperazine rings is 1. The average molecular weight is 339 g/mol. The first-order valence-electron chi connectivity index (χ1n) is 9.93. The van der Waals surface area contributed by atoms with Crippen LogP contribution in [0.15, 0.2) is 0 Å². The van der Waals surface area contributed by atoms with E-state index in [0.29, 0.717) is 18.4 Å². The van der Waals surface area contributed by atoms with Crippen LogP contribution in [0.2, 0.25) is 0 Å². The molecule has 0 aliphatic carbocycles. The van der Waals surface area contributed by atoms with E-state index in [-0.39, 0.29) is 0 Å². The van der Waals surface area contributed by atoms with E-state index in [1.165, 1.54) is 58.5 Å². The predicted molar refractivity (Wildman–Crippen MR) is 100 cm³/mol. The molecule has 2 heterocycles. The Kier molecular flexibility index (Phi) is 8.67. The van der Waals surface area contributed by atoms with E-state index in [1.54, 1.807) is 6.92 Å². The number of likely N-dealkylation sites (tertiary alicyclic amines) is 1. The van der Waals surface area contributed by atoms with E-state index in [0.717, 1.165) is 25.6 Å². The van der Waals surface area contributed by atoms with Crippen molar-refractivity contribution in [1.82, 2.24) is 20.0 Å². The summed E-state index contributed by atoms with van der Waals surface area (Å²) in [7, 11) is 0. The fourth-order valence-electron chi connectivity index (χ4n) is 3.90. The number of nitrogens with zero attached hydrogens (tertiary/aromatic N) is 3. The molecule has 5 heteroatoms. The maximum absolute atomic E-state index is 11.2. The van der Waals surface area contributed by atoms with E-state index in [1.807, 2.05) is 0 Å². The van der Waals surface area contributed by atoms with Gasteiger partial charge in [0.25, 0.3) is 0 Å². The van der Waals surface area contributed by atoms with Gasteiger partial charge in [0.15, 0.2) is 0 Å². The molecule has 2 aliphatic heterocycles. The van der Waals surface area contributed by atoms with Gasteiger partial charge in [-0.2, -0.15) is 0 Å². The van der Waals surface area contributed by atoms with Crippen molar-refractivity contribution in [2.45, 2.75) is 46.1 Å². The number of hydrogen-bond acceptors (Lipinski definition) is 5. The smallest absolute Gasteiger partial charge is 0.143 e. The van der Waals surface area contributed by atoms with Gasteiger partial charge in [0.05, 0.1) is 6.54 Å². The summed E-state index contributed by atoms with van der Waals surface area (Å²) in [5.41, 5.74) is 0. The van der Waals surface area contributed by atoms with Gasteiger partial charge in [-0.05, 0) is 58.3 Å². The third-order valence-electron chi connectivity index (χ3n) is 5.34. The van der Waals surface area contributed by atoms with Gasteiger partial charge >= 0.3 is 0 Å². The van der Waals surface area contributed by atoms with Gasteiger partial charge in [-0.3, -0.25) is 9.69 Å². The van der Waals surface area contributed by atoms with E-state index < -0.39 is 0 Å². The van der Waals surface area contributed by atoms with Gasteiger partial charge < -0.3 is 15.1 Å². The Hall–Kier alpha value is -0.490. The second-order valence-corrected chi connectivity index (χ2v) is 8.03. The molecule has 2 aliphatic rings. The largest absolute Gasteiger partial charge is 0.314 e. The van der Waals surface area contributed by atoms with Gasteiger partial charge in [0.1, 0.15) is 5.78 Å². The number of nitrogens with one attached hydrogen (secondary N) is 1. The van der Waals surface area contributed by atoms with E-state index >= 15 is 0 Å². The number of carbonyl (C=O) groups is 1. The molecule has 2 rings (SSSR count). The third kappa shape index (κ3) is 7.60. The van der Waals surface area contributed by atoms with Crippen LogP contribution in [0.3, 0.4) is 0 Å². The van der Waals surface area contributed by atoms with E-state index in [2.05, 4.69) is 33.9 Å². The fraction of sp³-hybridized carbons (Fsp3) is 0.947. The molecule has 0 aromatic carbocycles. The Morgan fingerprint density at radius 2 is 1.62 bits per heavy atom. The molecule has 0 spiro atoms. The minimum Gasteiger partial charge on any atom is -0.314 e. The lowest BCUT2D eigenvalue weighted by atomic mass is 9.95. The summed E-state index contributed by atoms with van der Waals surface area (Å²) in [6, 6.07) is 0.601. The molecule has 0 radical (unpaired) electrons. The van der Waals surface area contributed by atoms with Crippen molar-refractivity contribution in [2.24, 2.45) is 5.92 Å². The minimum absolute atomic E-state index is 0.299. The lowest BCUT2D eigenvalue weighted by Crippen LogP contribution is -2.49. The molecule has 1 N–H and O–H groups in total. The Morgan fingerprint density at radius 1 is 1.00 bits per heavy atom. The monoisotopic (exact) mass is 338 g/mol. The van der Waals surface area contributed by atoms with Crippen LogP contribution in [0.1, 0.15) is 40.0 Å². The standard InChI is InChI=1S/C19H38N4O/c1-17(2)20-7-4-8-21-11-13-23(14-12-21)16-19-5-9-22(10-6-19)15-18(3)24/h17,19-20H,4-16H2,1-3H3. The molecule has 24 heavy (non-hydrogen) atoms. The van der Waals surface area contributed by atoms with Crippen molar-refractivity contribution in [3.8, 4) is 0 Å². The van der Waals surface area contributed by atoms with Crippen LogP contribution < -0.4 is 5.32 Å². The molecule has 140 valence electrons. The summed E-state index contributed by atoms with van der Waals surface area (Å²) in [6.07, 6.45) is 3.77. The van der Waals surface area contributed by atoms with E-state index in [9.17, 15) is 4.79 Å². The molecule has 5 nitrogen and oxygen atoms in total. The highest BCUT2D eigenvalue weighted by molar-refractivity contribution is 5.77. The molecular formula is C19H38N4O. The Bertz CT molecular complexity index is 358. The van der Waals surface area contributed by atoms with Crippen LogP contribution in [0.25, 0.3) is 0 Å². The van der Waals surface area contributed by atoms with Crippen LogP contribution in [-0.4, -0.2) is 92.0 Å². The van der Waals surface area contributed by atoms with Crippen LogP contribution in [0, 0.1) is 5.92 Å². The summed E-state index contributed by atoms with van der Waals surface area (Å²) < 4.78 is 0. The molecule has 2 fully saturated rings. The SMILES string of the molecule is CC(=O)CN1CCC(CN2CCN(CCCNC(C)C)CC2)CC1.